The van der Waals surface area contributed by atoms with E-state index in [2.05, 4.69) is 40.9 Å². The van der Waals surface area contributed by atoms with Gasteiger partial charge in [0.25, 0.3) is 0 Å². The summed E-state index contributed by atoms with van der Waals surface area (Å²) in [6.45, 7) is 20.0. The molecule has 9 heteroatoms. The third-order valence-electron chi connectivity index (χ3n) is 4.90. The zero-order chi connectivity index (χ0) is 30.6. The molecule has 0 bridgehead atoms. The molecule has 0 aromatic carbocycles. The van der Waals surface area contributed by atoms with Crippen molar-refractivity contribution in [2.75, 3.05) is 26.4 Å². The normalized spacial score (nSPS) is 10.0. The van der Waals surface area contributed by atoms with E-state index >= 15 is 0 Å². The van der Waals surface area contributed by atoms with Gasteiger partial charge in [0.1, 0.15) is 0 Å². The Labute approximate surface area is 241 Å². The van der Waals surface area contributed by atoms with E-state index in [0.29, 0.717) is 55.6 Å². The van der Waals surface area contributed by atoms with Gasteiger partial charge in [-0.2, -0.15) is 0 Å². The molecule has 0 aromatic heterocycles. The van der Waals surface area contributed by atoms with Gasteiger partial charge in [-0.15, -0.1) is 0 Å². The summed E-state index contributed by atoms with van der Waals surface area (Å²) in [7, 11) is 0. The molecule has 0 aliphatic heterocycles. The summed E-state index contributed by atoms with van der Waals surface area (Å²) < 4.78 is 15.1. The predicted octanol–water partition coefficient (Wildman–Crippen LogP) is 6.71. The Bertz CT molecular complexity index is 689. The average molecular weight is 577 g/mol. The van der Waals surface area contributed by atoms with Crippen LogP contribution in [0.3, 0.4) is 0 Å². The minimum atomic E-state index is -0.463. The van der Waals surface area contributed by atoms with Gasteiger partial charge in [-0.1, -0.05) is 47.3 Å². The largest absolute Gasteiger partial charge is 0.466 e. The first-order chi connectivity index (χ1) is 18.2. The number of hydrogen-bond donors (Lipinski definition) is 1. The average Bonchev–Trinajstić information content (AvgIpc) is 2.84. The number of aliphatic hydroxyl groups is 1. The standard InChI is InChI=1S/C15H26O4.C11H22O3.C4H5ClO/c1-12(2)9-11-18-14(16)8-6-5-7-10-19-15(17)13(3)4;1-10(2)7-9-14-11(13)6-4-3-5-8-12;1-3(2)4(5)6/h12H,3,5-11H2,1-2,4H3;10,12H,3-9H2,1-2H3;1H2,2H3. The molecule has 228 valence electrons. The van der Waals surface area contributed by atoms with Gasteiger partial charge in [0, 0.05) is 30.6 Å². The lowest BCUT2D eigenvalue weighted by atomic mass is 10.1. The van der Waals surface area contributed by atoms with Crippen LogP contribution in [0.2, 0.25) is 0 Å². The monoisotopic (exact) mass is 576 g/mol. The fourth-order valence-electron chi connectivity index (χ4n) is 2.36. The molecule has 1 N–H and O–H groups in total. The molecule has 0 aliphatic rings. The fraction of sp³-hybridized carbons (Fsp3) is 0.733. The number of carbonyl (C=O) groups excluding carboxylic acids is 4. The van der Waals surface area contributed by atoms with Crippen LogP contribution >= 0.6 is 11.6 Å². The van der Waals surface area contributed by atoms with E-state index in [1.807, 2.05) is 0 Å². The van der Waals surface area contributed by atoms with Gasteiger partial charge in [0.15, 0.2) is 0 Å². The van der Waals surface area contributed by atoms with Gasteiger partial charge >= 0.3 is 17.9 Å². The molecule has 0 unspecified atom stereocenters. The topological polar surface area (TPSA) is 116 Å². The first-order valence-electron chi connectivity index (χ1n) is 13.8. The summed E-state index contributed by atoms with van der Waals surface area (Å²) in [6, 6.07) is 0. The predicted molar refractivity (Wildman–Crippen MR) is 156 cm³/mol. The van der Waals surface area contributed by atoms with E-state index in [0.717, 1.165) is 51.4 Å². The highest BCUT2D eigenvalue weighted by Crippen LogP contribution is 2.05. The number of rotatable bonds is 19. The van der Waals surface area contributed by atoms with Crippen LogP contribution in [-0.4, -0.2) is 54.7 Å². The Kier molecular flexibility index (Phi) is 30.5. The number of ether oxygens (including phenoxy) is 3. The van der Waals surface area contributed by atoms with Gasteiger partial charge < -0.3 is 19.3 Å². The summed E-state index contributed by atoms with van der Waals surface area (Å²) in [6.07, 6.45) is 7.64. The Hall–Kier alpha value is -2.19. The van der Waals surface area contributed by atoms with Crippen molar-refractivity contribution in [3.8, 4) is 0 Å². The van der Waals surface area contributed by atoms with Crippen molar-refractivity contribution in [2.24, 2.45) is 11.8 Å². The van der Waals surface area contributed by atoms with Crippen molar-refractivity contribution < 1.29 is 38.5 Å². The molecule has 0 rings (SSSR count). The van der Waals surface area contributed by atoms with Crippen LogP contribution in [0.4, 0.5) is 0 Å². The van der Waals surface area contributed by atoms with Crippen molar-refractivity contribution in [3.63, 3.8) is 0 Å². The first-order valence-corrected chi connectivity index (χ1v) is 14.2. The molecule has 0 amide bonds. The van der Waals surface area contributed by atoms with Crippen LogP contribution < -0.4 is 0 Å². The molecule has 0 radical (unpaired) electrons. The lowest BCUT2D eigenvalue weighted by Gasteiger charge is -2.07. The molecule has 39 heavy (non-hydrogen) atoms. The second-order valence-corrected chi connectivity index (χ2v) is 10.5. The van der Waals surface area contributed by atoms with Gasteiger partial charge in [-0.3, -0.25) is 14.4 Å². The lowest BCUT2D eigenvalue weighted by molar-refractivity contribution is -0.145. The maximum Gasteiger partial charge on any atom is 0.333 e. The molecule has 0 aliphatic carbocycles. The number of aliphatic hydroxyl groups excluding tert-OH is 1. The van der Waals surface area contributed by atoms with Crippen molar-refractivity contribution in [1.29, 1.82) is 0 Å². The van der Waals surface area contributed by atoms with Gasteiger partial charge in [-0.25, -0.2) is 4.79 Å². The van der Waals surface area contributed by atoms with E-state index in [1.54, 1.807) is 13.8 Å². The van der Waals surface area contributed by atoms with Crippen LogP contribution in [0, 0.1) is 11.8 Å². The molecule has 8 nitrogen and oxygen atoms in total. The second kappa shape index (κ2) is 28.8. The van der Waals surface area contributed by atoms with Gasteiger partial charge in [-0.05, 0) is 82.2 Å². The summed E-state index contributed by atoms with van der Waals surface area (Å²) >= 11 is 4.87. The van der Waals surface area contributed by atoms with Crippen LogP contribution in [0.1, 0.15) is 106 Å². The Balaban J connectivity index is -0.000000566. The molecule has 0 heterocycles. The number of carbonyl (C=O) groups is 4. The first kappa shape index (κ1) is 41.3. The van der Waals surface area contributed by atoms with Gasteiger partial charge in [0.05, 0.1) is 19.8 Å². The van der Waals surface area contributed by atoms with Gasteiger partial charge in [0.2, 0.25) is 5.24 Å². The summed E-state index contributed by atoms with van der Waals surface area (Å²) in [5.41, 5.74) is 0.797. The van der Waals surface area contributed by atoms with Crippen molar-refractivity contribution >= 4 is 34.8 Å². The number of esters is 3. The van der Waals surface area contributed by atoms with E-state index < -0.39 is 5.24 Å². The third kappa shape index (κ3) is 38.0. The van der Waals surface area contributed by atoms with Crippen LogP contribution in [0.25, 0.3) is 0 Å². The molecule has 0 fully saturated rings. The summed E-state index contributed by atoms with van der Waals surface area (Å²) in [4.78, 5) is 43.3. The van der Waals surface area contributed by atoms with E-state index in [9.17, 15) is 19.2 Å². The number of unbranched alkanes of at least 4 members (excludes halogenated alkanes) is 4. The molecule has 0 saturated carbocycles. The van der Waals surface area contributed by atoms with Crippen LogP contribution in [0.5, 0.6) is 0 Å². The molecular weight excluding hydrogens is 524 g/mol. The Morgan fingerprint density at radius 2 is 1.08 bits per heavy atom. The molecular formula is C30H53ClO8. The minimum absolute atomic E-state index is 0.108. The maximum atomic E-state index is 11.3. The van der Waals surface area contributed by atoms with E-state index in [4.69, 9.17) is 30.9 Å². The smallest absolute Gasteiger partial charge is 0.333 e. The zero-order valence-electron chi connectivity index (χ0n) is 25.2. The van der Waals surface area contributed by atoms with Crippen LogP contribution in [-0.2, 0) is 33.4 Å². The van der Waals surface area contributed by atoms with E-state index in [1.165, 1.54) is 0 Å². The Morgan fingerprint density at radius 1 is 0.667 bits per heavy atom. The Morgan fingerprint density at radius 3 is 1.41 bits per heavy atom. The fourth-order valence-corrected chi connectivity index (χ4v) is 2.36. The maximum absolute atomic E-state index is 11.3. The van der Waals surface area contributed by atoms with Crippen molar-refractivity contribution in [3.05, 3.63) is 24.3 Å². The quantitative estimate of drug-likeness (QED) is 0.0592. The summed E-state index contributed by atoms with van der Waals surface area (Å²) in [5.74, 6) is 0.532. The SMILES string of the molecule is C=C(C)C(=O)Cl.C=C(C)C(=O)OCCCCCC(=O)OCCC(C)C.CC(C)CCOC(=O)CCCCCO. The third-order valence-corrected chi connectivity index (χ3v) is 5.22. The van der Waals surface area contributed by atoms with Crippen molar-refractivity contribution in [2.45, 2.75) is 106 Å². The highest BCUT2D eigenvalue weighted by Gasteiger charge is 2.05. The van der Waals surface area contributed by atoms with Crippen molar-refractivity contribution in [1.82, 2.24) is 0 Å². The molecule has 0 saturated heterocycles. The molecule has 0 atom stereocenters. The van der Waals surface area contributed by atoms with Crippen LogP contribution in [0.15, 0.2) is 24.3 Å². The number of hydrogen-bond acceptors (Lipinski definition) is 8. The second-order valence-electron chi connectivity index (χ2n) is 10.1. The summed E-state index contributed by atoms with van der Waals surface area (Å²) in [5, 5.41) is 8.05. The minimum Gasteiger partial charge on any atom is -0.466 e. The lowest BCUT2D eigenvalue weighted by Crippen LogP contribution is -2.08. The number of allylic oxidation sites excluding steroid dienone is 1. The molecule has 0 spiro atoms. The number of halogens is 1. The molecule has 0 aromatic rings. The highest BCUT2D eigenvalue weighted by atomic mass is 35.5. The highest BCUT2D eigenvalue weighted by molar-refractivity contribution is 6.67. The zero-order valence-corrected chi connectivity index (χ0v) is 25.9. The van der Waals surface area contributed by atoms with E-state index in [-0.39, 0.29) is 24.5 Å².